The molecule has 0 spiro atoms. The second-order valence-electron chi connectivity index (χ2n) is 2.67. The summed E-state index contributed by atoms with van der Waals surface area (Å²) in [6, 6.07) is 0. The van der Waals surface area contributed by atoms with E-state index < -0.39 is 18.1 Å². The van der Waals surface area contributed by atoms with Gasteiger partial charge in [0.15, 0.2) is 0 Å². The molecule has 0 aromatic carbocycles. The van der Waals surface area contributed by atoms with Gasteiger partial charge >= 0.3 is 5.97 Å². The molecule has 1 N–H and O–H groups in total. The van der Waals surface area contributed by atoms with Crippen molar-refractivity contribution in [3.8, 4) is 0 Å². The van der Waals surface area contributed by atoms with Gasteiger partial charge in [-0.3, -0.25) is 9.78 Å². The third-order valence-electron chi connectivity index (χ3n) is 1.61. The maximum Gasteiger partial charge on any atom is 0.307 e. The Hall–Kier alpha value is -0.750. The Morgan fingerprint density at radius 2 is 2.27 bits per heavy atom. The second-order valence-corrected chi connectivity index (χ2v) is 3.84. The summed E-state index contributed by atoms with van der Waals surface area (Å²) in [6.45, 7) is 0. The first-order valence-corrected chi connectivity index (χ1v) is 4.93. The Kier molecular flexibility index (Phi) is 3.98. The lowest BCUT2D eigenvalue weighted by Crippen LogP contribution is -2.03. The number of carboxylic acid groups (broad SMARTS) is 1. The van der Waals surface area contributed by atoms with Gasteiger partial charge in [0, 0.05) is 10.7 Å². The molecule has 0 saturated heterocycles. The number of pyridine rings is 1. The Labute approximate surface area is 97.2 Å². The van der Waals surface area contributed by atoms with Crippen LogP contribution in [0, 0.1) is 0 Å². The number of nitrogens with zero attached hydrogens (tertiary/aromatic N) is 1. The smallest absolute Gasteiger partial charge is 0.307 e. The van der Waals surface area contributed by atoms with E-state index in [0.717, 1.165) is 6.20 Å². The summed E-state index contributed by atoms with van der Waals surface area (Å²) < 4.78 is 24.8. The molecule has 15 heavy (non-hydrogen) atoms. The van der Waals surface area contributed by atoms with Gasteiger partial charge in [-0.05, 0) is 21.5 Å². The fraction of sp³-hybridized carbons (Fsp3) is 0.250. The van der Waals surface area contributed by atoms with Gasteiger partial charge in [0.2, 0.25) is 0 Å². The van der Waals surface area contributed by atoms with Crippen LogP contribution in [-0.2, 0) is 11.2 Å². The SMILES string of the molecule is O=C(O)Cc1cnc(C(F)F)c(Cl)c1Br. The zero-order chi connectivity index (χ0) is 11.6. The summed E-state index contributed by atoms with van der Waals surface area (Å²) in [5, 5.41) is 8.27. The quantitative estimate of drug-likeness (QED) is 0.933. The predicted octanol–water partition coefficient (Wildman–Crippen LogP) is 3.06. The molecule has 0 atom stereocenters. The highest BCUT2D eigenvalue weighted by molar-refractivity contribution is 9.10. The molecule has 0 radical (unpaired) electrons. The fourth-order valence-corrected chi connectivity index (χ4v) is 1.65. The van der Waals surface area contributed by atoms with E-state index in [-0.39, 0.29) is 21.5 Å². The van der Waals surface area contributed by atoms with Crippen molar-refractivity contribution in [2.24, 2.45) is 0 Å². The van der Waals surface area contributed by atoms with Crippen molar-refractivity contribution < 1.29 is 18.7 Å². The second kappa shape index (κ2) is 4.85. The summed E-state index contributed by atoms with van der Waals surface area (Å²) in [6.07, 6.45) is -2.03. The standard InChI is InChI=1S/C8H5BrClF2NO2/c9-5-3(1-4(14)15)2-13-7(6(5)10)8(11)12/h2,8H,1H2,(H,14,15). The topological polar surface area (TPSA) is 50.2 Å². The normalized spacial score (nSPS) is 10.7. The van der Waals surface area contributed by atoms with Gasteiger partial charge in [-0.25, -0.2) is 8.78 Å². The first-order valence-electron chi connectivity index (χ1n) is 3.76. The Bertz CT molecular complexity index is 400. The van der Waals surface area contributed by atoms with Gasteiger partial charge in [0.1, 0.15) is 5.69 Å². The molecule has 0 unspecified atom stereocenters. The van der Waals surface area contributed by atoms with Crippen molar-refractivity contribution in [1.82, 2.24) is 4.98 Å². The van der Waals surface area contributed by atoms with Crippen LogP contribution in [0.5, 0.6) is 0 Å². The number of carboxylic acids is 1. The maximum absolute atomic E-state index is 12.3. The lowest BCUT2D eigenvalue weighted by atomic mass is 10.2. The molecule has 0 amide bonds. The largest absolute Gasteiger partial charge is 0.481 e. The molecule has 0 saturated carbocycles. The number of halogens is 4. The third kappa shape index (κ3) is 2.85. The van der Waals surface area contributed by atoms with Gasteiger partial charge in [-0.1, -0.05) is 11.6 Å². The van der Waals surface area contributed by atoms with Gasteiger partial charge < -0.3 is 5.11 Å². The summed E-state index contributed by atoms with van der Waals surface area (Å²) in [4.78, 5) is 13.8. The Morgan fingerprint density at radius 3 is 2.73 bits per heavy atom. The van der Waals surface area contributed by atoms with E-state index in [1.165, 1.54) is 0 Å². The van der Waals surface area contributed by atoms with Gasteiger partial charge in [-0.2, -0.15) is 0 Å². The van der Waals surface area contributed by atoms with E-state index in [1.54, 1.807) is 0 Å². The average Bonchev–Trinajstić information content (AvgIpc) is 2.12. The number of aliphatic carboxylic acids is 1. The average molecular weight is 300 g/mol. The zero-order valence-corrected chi connectivity index (χ0v) is 9.52. The van der Waals surface area contributed by atoms with Crippen molar-refractivity contribution in [3.63, 3.8) is 0 Å². The molecule has 0 aliphatic carbocycles. The number of hydrogen-bond acceptors (Lipinski definition) is 2. The number of hydrogen-bond donors (Lipinski definition) is 1. The van der Waals surface area contributed by atoms with E-state index in [2.05, 4.69) is 20.9 Å². The highest BCUT2D eigenvalue weighted by Gasteiger charge is 2.19. The number of rotatable bonds is 3. The molecule has 0 aliphatic rings. The molecular formula is C8H5BrClF2NO2. The first-order chi connectivity index (χ1) is 6.93. The van der Waals surface area contributed by atoms with Crippen molar-refractivity contribution in [2.45, 2.75) is 12.8 Å². The van der Waals surface area contributed by atoms with Crippen LogP contribution in [-0.4, -0.2) is 16.1 Å². The van der Waals surface area contributed by atoms with Crippen LogP contribution in [0.25, 0.3) is 0 Å². The van der Waals surface area contributed by atoms with E-state index >= 15 is 0 Å². The Morgan fingerprint density at radius 1 is 1.67 bits per heavy atom. The summed E-state index contributed by atoms with van der Waals surface area (Å²) in [5.74, 6) is -1.08. The van der Waals surface area contributed by atoms with Crippen LogP contribution in [0.15, 0.2) is 10.7 Å². The van der Waals surface area contributed by atoms with E-state index in [1.807, 2.05) is 0 Å². The molecule has 0 aliphatic heterocycles. The molecule has 1 aromatic rings. The molecule has 3 nitrogen and oxygen atoms in total. The summed E-state index contributed by atoms with van der Waals surface area (Å²) in [5.41, 5.74) is -0.297. The van der Waals surface area contributed by atoms with E-state index in [0.29, 0.717) is 0 Å². The molecule has 1 rings (SSSR count). The van der Waals surface area contributed by atoms with Crippen LogP contribution in [0.1, 0.15) is 17.7 Å². The van der Waals surface area contributed by atoms with E-state index in [9.17, 15) is 13.6 Å². The van der Waals surface area contributed by atoms with Crippen molar-refractivity contribution in [3.05, 3.63) is 26.9 Å². The van der Waals surface area contributed by atoms with Gasteiger partial charge in [0.25, 0.3) is 6.43 Å². The van der Waals surface area contributed by atoms with Crippen LogP contribution in [0.2, 0.25) is 5.02 Å². The lowest BCUT2D eigenvalue weighted by molar-refractivity contribution is -0.136. The summed E-state index contributed by atoms with van der Waals surface area (Å²) >= 11 is 8.55. The van der Waals surface area contributed by atoms with Crippen LogP contribution >= 0.6 is 27.5 Å². The van der Waals surface area contributed by atoms with Crippen molar-refractivity contribution in [1.29, 1.82) is 0 Å². The minimum atomic E-state index is -2.78. The molecule has 1 heterocycles. The molecular weight excluding hydrogens is 295 g/mol. The minimum absolute atomic E-state index is 0.150. The van der Waals surface area contributed by atoms with Crippen LogP contribution in [0.4, 0.5) is 8.78 Å². The Balaban J connectivity index is 3.15. The lowest BCUT2D eigenvalue weighted by Gasteiger charge is -2.07. The monoisotopic (exact) mass is 299 g/mol. The minimum Gasteiger partial charge on any atom is -0.481 e. The van der Waals surface area contributed by atoms with Crippen molar-refractivity contribution >= 4 is 33.5 Å². The third-order valence-corrected chi connectivity index (χ3v) is 3.12. The maximum atomic E-state index is 12.3. The highest BCUT2D eigenvalue weighted by Crippen LogP contribution is 2.33. The van der Waals surface area contributed by atoms with E-state index in [4.69, 9.17) is 16.7 Å². The highest BCUT2D eigenvalue weighted by atomic mass is 79.9. The predicted molar refractivity (Wildman–Crippen MR) is 53.2 cm³/mol. The van der Waals surface area contributed by atoms with Crippen LogP contribution < -0.4 is 0 Å². The molecule has 0 fully saturated rings. The van der Waals surface area contributed by atoms with Gasteiger partial charge in [0.05, 0.1) is 11.4 Å². The number of aromatic nitrogens is 1. The van der Waals surface area contributed by atoms with Crippen LogP contribution in [0.3, 0.4) is 0 Å². The molecule has 1 aromatic heterocycles. The molecule has 7 heteroatoms. The molecule has 82 valence electrons. The summed E-state index contributed by atoms with van der Waals surface area (Å²) in [7, 11) is 0. The number of alkyl halides is 2. The fourth-order valence-electron chi connectivity index (χ4n) is 0.953. The molecule has 0 bridgehead atoms. The van der Waals surface area contributed by atoms with Gasteiger partial charge in [-0.15, -0.1) is 0 Å². The zero-order valence-electron chi connectivity index (χ0n) is 7.18. The van der Waals surface area contributed by atoms with Crippen molar-refractivity contribution in [2.75, 3.05) is 0 Å². The number of carbonyl (C=O) groups is 1. The first kappa shape index (κ1) is 12.3.